The van der Waals surface area contributed by atoms with Crippen LogP contribution in [0, 0.1) is 5.92 Å². The maximum Gasteiger partial charge on any atom is 0.0423 e. The Hall–Kier alpha value is -0.240. The van der Waals surface area contributed by atoms with E-state index in [1.54, 1.807) is 0 Å². The summed E-state index contributed by atoms with van der Waals surface area (Å²) in [6, 6.07) is 5.98. The van der Waals surface area contributed by atoms with Crippen LogP contribution in [0.5, 0.6) is 0 Å². The zero-order valence-corrected chi connectivity index (χ0v) is 10.6. The molecule has 16 heavy (non-hydrogen) atoms. The van der Waals surface area contributed by atoms with Crippen LogP contribution in [0.25, 0.3) is 0 Å². The van der Waals surface area contributed by atoms with Gasteiger partial charge in [0.2, 0.25) is 0 Å². The molecule has 1 atom stereocenters. The molecule has 0 radical (unpaired) electrons. The van der Waals surface area contributed by atoms with Gasteiger partial charge in [0.15, 0.2) is 0 Å². The van der Waals surface area contributed by atoms with Gasteiger partial charge in [-0.1, -0.05) is 23.2 Å². The van der Waals surface area contributed by atoms with E-state index in [2.05, 4.69) is 17.0 Å². The highest BCUT2D eigenvalue weighted by Gasteiger charge is 2.34. The zero-order valence-electron chi connectivity index (χ0n) is 9.13. The topological polar surface area (TPSA) is 3.24 Å². The van der Waals surface area contributed by atoms with E-state index < -0.39 is 0 Å². The third-order valence-corrected chi connectivity index (χ3v) is 4.41. The van der Waals surface area contributed by atoms with Gasteiger partial charge >= 0.3 is 0 Å². The van der Waals surface area contributed by atoms with Crippen molar-refractivity contribution in [3.05, 3.63) is 33.8 Å². The molecule has 0 aromatic heterocycles. The lowest BCUT2D eigenvalue weighted by Gasteiger charge is -2.45. The molecule has 3 heteroatoms. The van der Waals surface area contributed by atoms with E-state index in [0.717, 1.165) is 16.0 Å². The van der Waals surface area contributed by atoms with E-state index >= 15 is 0 Å². The number of rotatable bonds is 1. The molecule has 1 aromatic carbocycles. The Bertz CT molecular complexity index is 377. The first kappa shape index (κ1) is 10.9. The number of piperidine rings is 3. The standard InChI is InChI=1S/C13H15Cl2N/c14-11-5-10(6-12(15)7-11)13-8-16-3-1-9(13)2-4-16/h5-7,9,13H,1-4,8H2. The third kappa shape index (κ3) is 1.97. The minimum Gasteiger partial charge on any atom is -0.303 e. The molecule has 3 aliphatic rings. The molecule has 3 saturated heterocycles. The first-order valence-electron chi connectivity index (χ1n) is 5.91. The molecule has 0 spiro atoms. The van der Waals surface area contributed by atoms with Crippen molar-refractivity contribution in [2.75, 3.05) is 19.6 Å². The lowest BCUT2D eigenvalue weighted by Crippen LogP contribution is -2.46. The molecule has 2 bridgehead atoms. The smallest absolute Gasteiger partial charge is 0.0423 e. The van der Waals surface area contributed by atoms with Crippen LogP contribution in [-0.2, 0) is 0 Å². The van der Waals surface area contributed by atoms with Crippen LogP contribution in [0.2, 0.25) is 10.0 Å². The van der Waals surface area contributed by atoms with Crippen LogP contribution < -0.4 is 0 Å². The summed E-state index contributed by atoms with van der Waals surface area (Å²) in [4.78, 5) is 2.56. The van der Waals surface area contributed by atoms with Gasteiger partial charge in [-0.2, -0.15) is 0 Å². The third-order valence-electron chi connectivity index (χ3n) is 3.97. The van der Waals surface area contributed by atoms with E-state index in [4.69, 9.17) is 23.2 Å². The van der Waals surface area contributed by atoms with Crippen molar-refractivity contribution in [1.29, 1.82) is 0 Å². The lowest BCUT2D eigenvalue weighted by molar-refractivity contribution is 0.0871. The number of hydrogen-bond donors (Lipinski definition) is 0. The maximum atomic E-state index is 6.07. The van der Waals surface area contributed by atoms with E-state index in [1.165, 1.54) is 38.0 Å². The average Bonchev–Trinajstić information content (AvgIpc) is 2.29. The lowest BCUT2D eigenvalue weighted by atomic mass is 9.75. The Morgan fingerprint density at radius 2 is 1.62 bits per heavy atom. The number of benzene rings is 1. The van der Waals surface area contributed by atoms with Crippen molar-refractivity contribution in [3.63, 3.8) is 0 Å². The van der Waals surface area contributed by atoms with Crippen LogP contribution in [0.1, 0.15) is 24.3 Å². The minimum atomic E-state index is 0.638. The summed E-state index contributed by atoms with van der Waals surface area (Å²) in [5.41, 5.74) is 1.33. The van der Waals surface area contributed by atoms with Gasteiger partial charge < -0.3 is 4.90 Å². The van der Waals surface area contributed by atoms with Crippen molar-refractivity contribution in [2.24, 2.45) is 5.92 Å². The van der Waals surface area contributed by atoms with Gasteiger partial charge in [-0.3, -0.25) is 0 Å². The van der Waals surface area contributed by atoms with Crippen molar-refractivity contribution in [1.82, 2.24) is 4.90 Å². The Labute approximate surface area is 106 Å². The fraction of sp³-hybridized carbons (Fsp3) is 0.538. The number of halogens is 2. The van der Waals surface area contributed by atoms with Gasteiger partial charge in [0.1, 0.15) is 0 Å². The van der Waals surface area contributed by atoms with Crippen LogP contribution in [0.3, 0.4) is 0 Å². The Morgan fingerprint density at radius 1 is 1.00 bits per heavy atom. The molecule has 1 aromatic rings. The van der Waals surface area contributed by atoms with Crippen LogP contribution in [0.15, 0.2) is 18.2 Å². The fourth-order valence-electron chi connectivity index (χ4n) is 3.13. The normalized spacial score (nSPS) is 33.0. The monoisotopic (exact) mass is 255 g/mol. The summed E-state index contributed by atoms with van der Waals surface area (Å²) < 4.78 is 0. The van der Waals surface area contributed by atoms with Crippen molar-refractivity contribution >= 4 is 23.2 Å². The molecule has 0 aliphatic carbocycles. The predicted molar refractivity (Wildman–Crippen MR) is 68.4 cm³/mol. The van der Waals surface area contributed by atoms with Gasteiger partial charge in [-0.15, -0.1) is 0 Å². The summed E-state index contributed by atoms with van der Waals surface area (Å²) in [6.45, 7) is 3.73. The highest BCUT2D eigenvalue weighted by atomic mass is 35.5. The first-order valence-corrected chi connectivity index (χ1v) is 6.66. The summed E-state index contributed by atoms with van der Waals surface area (Å²) in [5, 5.41) is 1.53. The molecule has 4 rings (SSSR count). The Morgan fingerprint density at radius 3 is 2.12 bits per heavy atom. The molecule has 3 heterocycles. The van der Waals surface area contributed by atoms with Crippen LogP contribution in [0.4, 0.5) is 0 Å². The molecule has 3 aliphatic heterocycles. The summed E-state index contributed by atoms with van der Waals surface area (Å²) >= 11 is 12.1. The van der Waals surface area contributed by atoms with Crippen LogP contribution in [-0.4, -0.2) is 24.5 Å². The van der Waals surface area contributed by atoms with Gasteiger partial charge in [-0.05, 0) is 61.5 Å². The Balaban J connectivity index is 1.91. The molecule has 1 unspecified atom stereocenters. The van der Waals surface area contributed by atoms with Crippen molar-refractivity contribution in [2.45, 2.75) is 18.8 Å². The first-order chi connectivity index (χ1) is 7.72. The van der Waals surface area contributed by atoms with E-state index in [0.29, 0.717) is 5.92 Å². The SMILES string of the molecule is Clc1cc(Cl)cc(C2CN3CCC2CC3)c1. The number of hydrogen-bond acceptors (Lipinski definition) is 1. The molecule has 0 N–H and O–H groups in total. The van der Waals surface area contributed by atoms with Gasteiger partial charge in [0.25, 0.3) is 0 Å². The summed E-state index contributed by atoms with van der Waals surface area (Å²) in [5.74, 6) is 1.47. The molecule has 86 valence electrons. The average molecular weight is 256 g/mol. The molecule has 0 amide bonds. The molecular weight excluding hydrogens is 241 g/mol. The highest BCUT2D eigenvalue weighted by molar-refractivity contribution is 6.34. The largest absolute Gasteiger partial charge is 0.303 e. The summed E-state index contributed by atoms with van der Waals surface area (Å²) in [6.07, 6.45) is 2.66. The molecule has 1 nitrogen and oxygen atoms in total. The molecule has 0 saturated carbocycles. The van der Waals surface area contributed by atoms with Crippen LogP contribution >= 0.6 is 23.2 Å². The van der Waals surface area contributed by atoms with E-state index in [1.807, 2.05) is 6.07 Å². The van der Waals surface area contributed by atoms with Crippen molar-refractivity contribution in [3.8, 4) is 0 Å². The molecular formula is C13H15Cl2N. The summed E-state index contributed by atoms with van der Waals surface area (Å²) in [7, 11) is 0. The number of fused-ring (bicyclic) bond motifs is 3. The maximum absolute atomic E-state index is 6.07. The minimum absolute atomic E-state index is 0.638. The fourth-order valence-corrected chi connectivity index (χ4v) is 3.67. The van der Waals surface area contributed by atoms with E-state index in [9.17, 15) is 0 Å². The van der Waals surface area contributed by atoms with Gasteiger partial charge in [0, 0.05) is 16.6 Å². The second kappa shape index (κ2) is 4.21. The second-order valence-corrected chi connectivity index (χ2v) is 5.82. The van der Waals surface area contributed by atoms with Gasteiger partial charge in [0.05, 0.1) is 0 Å². The van der Waals surface area contributed by atoms with Crippen molar-refractivity contribution < 1.29 is 0 Å². The van der Waals surface area contributed by atoms with E-state index in [-0.39, 0.29) is 0 Å². The highest BCUT2D eigenvalue weighted by Crippen LogP contribution is 2.40. The number of nitrogens with zero attached hydrogens (tertiary/aromatic N) is 1. The predicted octanol–water partition coefficient (Wildman–Crippen LogP) is 3.80. The zero-order chi connectivity index (χ0) is 11.1. The second-order valence-electron chi connectivity index (χ2n) is 4.95. The quantitative estimate of drug-likeness (QED) is 0.738. The molecule has 3 fully saturated rings. The Kier molecular flexibility index (Phi) is 2.87. The van der Waals surface area contributed by atoms with Gasteiger partial charge in [-0.25, -0.2) is 0 Å².